The maximum Gasteiger partial charge on any atom is 0.155 e. The van der Waals surface area contributed by atoms with E-state index in [0.29, 0.717) is 11.1 Å². The second kappa shape index (κ2) is 43.5. The average Bonchev–Trinajstić information content (AvgIpc) is 0.778. The van der Waals surface area contributed by atoms with Gasteiger partial charge in [0.15, 0.2) is 5.78 Å². The quantitative estimate of drug-likeness (QED) is 0.0815. The maximum absolute atomic E-state index is 10.0. The minimum atomic E-state index is -0.394. The molecule has 1 N–H and O–H groups in total. The fourth-order valence-electron chi connectivity index (χ4n) is 10.4. The molecule has 0 aliphatic heterocycles. The van der Waals surface area contributed by atoms with E-state index in [0.717, 1.165) is 73.0 Å². The van der Waals surface area contributed by atoms with Crippen LogP contribution in [0.2, 0.25) is 0 Å². The summed E-state index contributed by atoms with van der Waals surface area (Å²) < 4.78 is 39.4. The summed E-state index contributed by atoms with van der Waals surface area (Å²) >= 11 is 0. The summed E-state index contributed by atoms with van der Waals surface area (Å²) in [6.07, 6.45) is 10.3. The molecule has 15 rings (SSSR count). The van der Waals surface area contributed by atoms with Gasteiger partial charge in [0.1, 0.15) is 0 Å². The van der Waals surface area contributed by atoms with Gasteiger partial charge in [-0.05, 0) is 137 Å². The summed E-state index contributed by atoms with van der Waals surface area (Å²) in [5.74, 6) is -0.0625. The number of pyridine rings is 5. The zero-order valence-corrected chi connectivity index (χ0v) is 66.8. The topological polar surface area (TPSA) is 126 Å². The van der Waals surface area contributed by atoms with Gasteiger partial charge in [-0.3, -0.25) is 4.79 Å². The number of carbonyl (C=O) groups excluding carboxylic acids is 1. The van der Waals surface area contributed by atoms with Crippen molar-refractivity contribution in [2.75, 3.05) is 0 Å². The number of aryl methyl sites for hydroxylation is 3. The van der Waals surface area contributed by atoms with Crippen molar-refractivity contribution < 1.29 is 97.2 Å². The minimum absolute atomic E-state index is 0. The van der Waals surface area contributed by atoms with Crippen molar-refractivity contribution in [3.63, 3.8) is 0 Å². The fraction of sp³-hybridized carbons (Fsp3) is 0.0543. The summed E-state index contributed by atoms with van der Waals surface area (Å²) in [5, 5.41) is 19.5. The van der Waals surface area contributed by atoms with Gasteiger partial charge in [0.25, 0.3) is 0 Å². The number of aromatic nitrogens is 5. The Morgan fingerprint density at radius 1 is 0.404 bits per heavy atom. The van der Waals surface area contributed by atoms with Gasteiger partial charge in [-0.2, -0.15) is 5.26 Å². The molecule has 104 heavy (non-hydrogen) atoms. The second-order valence-electron chi connectivity index (χ2n) is 22.7. The number of nitrogens with zero attached hydrogens (tertiary/aromatic N) is 6. The first kappa shape index (κ1) is 74.7. The number of aliphatic hydroxyl groups excluding tert-OH is 1. The summed E-state index contributed by atoms with van der Waals surface area (Å²) in [5.41, 5.74) is 21.0. The van der Waals surface area contributed by atoms with Gasteiger partial charge in [0.05, 0.1) is 24.2 Å². The number of fused-ring (bicyclic) bond motifs is 1. The summed E-state index contributed by atoms with van der Waals surface area (Å²) in [6, 6.07) is 104. The smallest absolute Gasteiger partial charge is 0.155 e. The van der Waals surface area contributed by atoms with Crippen molar-refractivity contribution in [3.8, 4) is 107 Å². The minimum Gasteiger partial charge on any atom is -0.512 e. The number of hydrogen-bond donors (Lipinski definition) is 1. The van der Waals surface area contributed by atoms with Gasteiger partial charge in [-0.1, -0.05) is 158 Å². The molecule has 0 fully saturated rings. The third-order valence-electron chi connectivity index (χ3n) is 15.4. The first-order chi connectivity index (χ1) is 51.0. The first-order valence-corrected chi connectivity index (χ1v) is 32.2. The van der Waals surface area contributed by atoms with Crippen LogP contribution in [0.15, 0.2) is 340 Å². The molecule has 8 nitrogen and oxygen atoms in total. The maximum atomic E-state index is 10.0. The average molecular weight is 2070 g/mol. The normalized spacial score (nSPS) is 10.7. The van der Waals surface area contributed by atoms with Crippen LogP contribution in [0.3, 0.4) is 0 Å². The molecule has 0 aliphatic carbocycles. The Hall–Kier alpha value is -10.5. The number of nitriles is 1. The van der Waals surface area contributed by atoms with E-state index < -0.39 is 6.04 Å². The molecule has 0 saturated carbocycles. The Kier molecular flexibility index (Phi) is 31.2. The van der Waals surface area contributed by atoms with Gasteiger partial charge >= 0.3 is 0 Å². The largest absolute Gasteiger partial charge is 0.512 e. The van der Waals surface area contributed by atoms with E-state index in [1.807, 2.05) is 244 Å². The molecule has 0 atom stereocenters. The molecule has 0 saturated heterocycles. The van der Waals surface area contributed by atoms with E-state index in [4.69, 9.17) is 17.2 Å². The predicted molar refractivity (Wildman–Crippen MR) is 408 cm³/mol. The van der Waals surface area contributed by atoms with Crippen molar-refractivity contribution in [1.82, 2.24) is 24.9 Å². The number of hydrogen-bond acceptors (Lipinski definition) is 8. The molecule has 0 spiro atoms. The summed E-state index contributed by atoms with van der Waals surface area (Å²) in [7, 11) is 0. The van der Waals surface area contributed by atoms with Crippen LogP contribution in [-0.4, -0.2) is 35.8 Å². The zero-order valence-electron chi connectivity index (χ0n) is 62.2. The van der Waals surface area contributed by atoms with E-state index in [1.54, 1.807) is 12.3 Å². The molecule has 0 unspecified atom stereocenters. The van der Waals surface area contributed by atoms with Crippen LogP contribution in [0.4, 0.5) is 0 Å². The van der Waals surface area contributed by atoms with Gasteiger partial charge < -0.3 is 30.0 Å². The van der Waals surface area contributed by atoms with E-state index in [2.05, 4.69) is 124 Å². The van der Waals surface area contributed by atoms with E-state index in [9.17, 15) is 4.79 Å². The third kappa shape index (κ3) is 24.3. The van der Waals surface area contributed by atoms with Crippen LogP contribution in [0.5, 0.6) is 0 Å². The SMILES string of the molecule is CC(=O)C=C(C)O.Cc1cc(-c2[c-]cccc2)ncc1-c1ccccc1.Cc1cc(-c2[c-]cccc2)ncc1-c1ccccc1.N#Cc1ccc(-c2ccc(-c3[c-]cccc3)nc2)cc1.[2H]c1c([2H])c([2H])c(-c2cnc(-c3[c-]cccc3)cc2C)c([2H])c1[2H].[Ir].[Ir].[Ir].[Ir].[c-]1ccccc1-c1nccc2ccccc12. The number of allylic oxidation sites excluding steroid dienone is 2. The van der Waals surface area contributed by atoms with Crippen LogP contribution >= 0.6 is 0 Å². The standard InChI is InChI=1S/C18H11N2.3C18H14N.C15H10N.C5H8O2.4Ir/c19-12-14-6-8-15(9-7-14)17-10-11-18(20-13-17)16-4-2-1-3-5-16;3*1-14-12-18(16-10-6-3-7-11-16)19-13-17(14)15-8-4-2-5-9-15;1-2-7-13(8-3-1)15-14-9-5-4-6-12(14)10-11-16-15;1-4(6)3-5(2)7;;;;/h1-4,6-11,13H;3*2-10,12-13H,1H3;1-7,9-11H;3,6H,1-2H3;;;;/q5*-1;;;;;/i;2D,4D,5D,8D,9D;;;;;;;;. The number of benzene rings is 10. The van der Waals surface area contributed by atoms with Crippen molar-refractivity contribution in [2.24, 2.45) is 0 Å². The van der Waals surface area contributed by atoms with Gasteiger partial charge in [0.2, 0.25) is 0 Å². The molecule has 0 bridgehead atoms. The third-order valence-corrected chi connectivity index (χ3v) is 15.4. The Labute approximate surface area is 672 Å². The van der Waals surface area contributed by atoms with Gasteiger partial charge in [0, 0.05) is 134 Å². The van der Waals surface area contributed by atoms with Crippen molar-refractivity contribution in [1.29, 1.82) is 5.26 Å². The molecule has 0 amide bonds. The van der Waals surface area contributed by atoms with Crippen molar-refractivity contribution >= 4 is 16.6 Å². The molecule has 12 heteroatoms. The number of rotatable bonds is 10. The van der Waals surface area contributed by atoms with Gasteiger partial charge in [-0.25, -0.2) is 0 Å². The number of carbonyl (C=O) groups is 1. The fourth-order valence-corrected chi connectivity index (χ4v) is 10.4. The number of aliphatic hydroxyl groups is 1. The molecule has 5 aromatic heterocycles. The van der Waals surface area contributed by atoms with Crippen molar-refractivity contribution in [2.45, 2.75) is 34.6 Å². The summed E-state index contributed by atoms with van der Waals surface area (Å²) in [4.78, 5) is 32.4. The van der Waals surface area contributed by atoms with Crippen LogP contribution in [0.1, 0.15) is 43.0 Å². The molecule has 15 aromatic rings. The molecule has 10 aromatic carbocycles. The first-order valence-electron chi connectivity index (χ1n) is 34.7. The predicted octanol–water partition coefficient (Wildman–Crippen LogP) is 22.4. The second-order valence-corrected chi connectivity index (χ2v) is 22.7. The molecule has 0 aliphatic rings. The van der Waals surface area contributed by atoms with Crippen LogP contribution < -0.4 is 0 Å². The molecular weight excluding hydrogens is 1990 g/mol. The Morgan fingerprint density at radius 2 is 0.788 bits per heavy atom. The molecule has 5 heterocycles. The van der Waals surface area contributed by atoms with Crippen LogP contribution in [-0.2, 0) is 85.2 Å². The van der Waals surface area contributed by atoms with Crippen LogP contribution in [0, 0.1) is 62.4 Å². The molecular formula is C92H71Ir4N6O2-5. The van der Waals surface area contributed by atoms with Crippen LogP contribution in [0.25, 0.3) is 112 Å². The van der Waals surface area contributed by atoms with Gasteiger partial charge in [-0.15, -0.1) is 179 Å². The van der Waals surface area contributed by atoms with E-state index in [-0.39, 0.29) is 122 Å². The molecule has 522 valence electrons. The van der Waals surface area contributed by atoms with E-state index >= 15 is 0 Å². The Bertz CT molecular complexity index is 5290. The molecule has 4 radical (unpaired) electrons. The number of ketones is 1. The monoisotopic (exact) mass is 2070 g/mol. The summed E-state index contributed by atoms with van der Waals surface area (Å²) in [6.45, 7) is 8.93. The Morgan fingerprint density at radius 3 is 1.16 bits per heavy atom. The van der Waals surface area contributed by atoms with E-state index in [1.165, 1.54) is 64.1 Å². The Balaban J connectivity index is 0.000000207. The van der Waals surface area contributed by atoms with Crippen molar-refractivity contribution in [3.05, 3.63) is 393 Å². The zero-order chi connectivity index (χ0) is 74.0.